The van der Waals surface area contributed by atoms with Crippen LogP contribution in [0.4, 0.5) is 4.39 Å². The standard InChI is InChI=1S/C14H22FNS/c1-4-8-12(16-3)13(5-2)17-14-10-7-6-9-11(14)15/h6-7,9-10,12-13,16H,4-5,8H2,1-3H3. The molecule has 0 amide bonds. The van der Waals surface area contributed by atoms with E-state index < -0.39 is 0 Å². The Morgan fingerprint density at radius 1 is 1.29 bits per heavy atom. The molecule has 17 heavy (non-hydrogen) atoms. The van der Waals surface area contributed by atoms with E-state index in [1.54, 1.807) is 17.8 Å². The summed E-state index contributed by atoms with van der Waals surface area (Å²) >= 11 is 1.65. The van der Waals surface area contributed by atoms with Crippen LogP contribution in [-0.4, -0.2) is 18.3 Å². The molecule has 1 aromatic rings. The van der Waals surface area contributed by atoms with Crippen LogP contribution in [0.5, 0.6) is 0 Å². The molecule has 0 saturated heterocycles. The summed E-state index contributed by atoms with van der Waals surface area (Å²) in [6.07, 6.45) is 3.33. The van der Waals surface area contributed by atoms with E-state index in [9.17, 15) is 4.39 Å². The van der Waals surface area contributed by atoms with Crippen molar-refractivity contribution < 1.29 is 4.39 Å². The second-order valence-electron chi connectivity index (χ2n) is 4.18. The fraction of sp³-hybridized carbons (Fsp3) is 0.571. The third-order valence-corrected chi connectivity index (χ3v) is 4.49. The van der Waals surface area contributed by atoms with Crippen LogP contribution in [0.25, 0.3) is 0 Å². The van der Waals surface area contributed by atoms with Crippen molar-refractivity contribution in [2.45, 2.75) is 49.3 Å². The zero-order valence-corrected chi connectivity index (χ0v) is 11.7. The lowest BCUT2D eigenvalue weighted by Crippen LogP contribution is -2.35. The van der Waals surface area contributed by atoms with Crippen molar-refractivity contribution in [3.05, 3.63) is 30.1 Å². The summed E-state index contributed by atoms with van der Waals surface area (Å²) in [5, 5.41) is 3.78. The molecule has 1 nitrogen and oxygen atoms in total. The molecule has 0 radical (unpaired) electrons. The number of rotatable bonds is 7. The van der Waals surface area contributed by atoms with Crippen molar-refractivity contribution in [2.75, 3.05) is 7.05 Å². The van der Waals surface area contributed by atoms with Gasteiger partial charge >= 0.3 is 0 Å². The Bertz CT molecular complexity index is 330. The van der Waals surface area contributed by atoms with Gasteiger partial charge in [0.25, 0.3) is 0 Å². The lowest BCUT2D eigenvalue weighted by Gasteiger charge is -2.25. The van der Waals surface area contributed by atoms with Gasteiger partial charge < -0.3 is 5.32 Å². The molecule has 0 aromatic heterocycles. The molecule has 1 N–H and O–H groups in total. The fourth-order valence-electron chi connectivity index (χ4n) is 1.98. The van der Waals surface area contributed by atoms with E-state index in [0.29, 0.717) is 11.3 Å². The second-order valence-corrected chi connectivity index (χ2v) is 5.46. The minimum atomic E-state index is -0.109. The average molecular weight is 255 g/mol. The summed E-state index contributed by atoms with van der Waals surface area (Å²) in [7, 11) is 1.99. The monoisotopic (exact) mass is 255 g/mol. The minimum absolute atomic E-state index is 0.109. The van der Waals surface area contributed by atoms with Crippen LogP contribution >= 0.6 is 11.8 Å². The van der Waals surface area contributed by atoms with Crippen molar-refractivity contribution in [1.82, 2.24) is 5.32 Å². The highest BCUT2D eigenvalue weighted by molar-refractivity contribution is 8.00. The van der Waals surface area contributed by atoms with Gasteiger partial charge in [0.05, 0.1) is 0 Å². The number of thioether (sulfide) groups is 1. The van der Waals surface area contributed by atoms with E-state index in [-0.39, 0.29) is 5.82 Å². The summed E-state index contributed by atoms with van der Waals surface area (Å²) < 4.78 is 13.6. The predicted octanol–water partition coefficient (Wildman–Crippen LogP) is 4.08. The van der Waals surface area contributed by atoms with Gasteiger partial charge in [-0.05, 0) is 32.0 Å². The van der Waals surface area contributed by atoms with E-state index in [1.165, 1.54) is 6.07 Å². The van der Waals surface area contributed by atoms with E-state index in [4.69, 9.17) is 0 Å². The van der Waals surface area contributed by atoms with Gasteiger partial charge in [-0.15, -0.1) is 11.8 Å². The molecule has 0 aliphatic carbocycles. The largest absolute Gasteiger partial charge is 0.316 e. The van der Waals surface area contributed by atoms with Crippen LogP contribution in [-0.2, 0) is 0 Å². The van der Waals surface area contributed by atoms with Crippen LogP contribution < -0.4 is 5.32 Å². The summed E-state index contributed by atoms with van der Waals surface area (Å²) in [4.78, 5) is 0.760. The first-order valence-corrected chi connectivity index (χ1v) is 7.19. The van der Waals surface area contributed by atoms with Gasteiger partial charge in [-0.25, -0.2) is 4.39 Å². The first kappa shape index (κ1) is 14.5. The van der Waals surface area contributed by atoms with Gasteiger partial charge in [0.15, 0.2) is 0 Å². The van der Waals surface area contributed by atoms with E-state index >= 15 is 0 Å². The Morgan fingerprint density at radius 2 is 2.00 bits per heavy atom. The Morgan fingerprint density at radius 3 is 2.53 bits per heavy atom. The van der Waals surface area contributed by atoms with Gasteiger partial charge in [-0.3, -0.25) is 0 Å². The highest BCUT2D eigenvalue weighted by atomic mass is 32.2. The molecule has 0 fully saturated rings. The van der Waals surface area contributed by atoms with Crippen LogP contribution in [0.15, 0.2) is 29.2 Å². The van der Waals surface area contributed by atoms with Crippen molar-refractivity contribution in [1.29, 1.82) is 0 Å². The summed E-state index contributed by atoms with van der Waals surface area (Å²) in [5.41, 5.74) is 0. The number of halogens is 1. The minimum Gasteiger partial charge on any atom is -0.316 e. The molecule has 3 heteroatoms. The van der Waals surface area contributed by atoms with E-state index in [1.807, 2.05) is 19.2 Å². The highest BCUT2D eigenvalue weighted by Gasteiger charge is 2.19. The van der Waals surface area contributed by atoms with Gasteiger partial charge in [0.1, 0.15) is 5.82 Å². The quantitative estimate of drug-likeness (QED) is 0.737. The SMILES string of the molecule is CCCC(NC)C(CC)Sc1ccccc1F. The fourth-order valence-corrected chi connectivity index (χ4v) is 3.25. The smallest absolute Gasteiger partial charge is 0.136 e. The normalized spacial score (nSPS) is 14.6. The molecular weight excluding hydrogens is 233 g/mol. The first-order chi connectivity index (χ1) is 8.22. The zero-order chi connectivity index (χ0) is 12.7. The molecule has 1 aromatic carbocycles. The summed E-state index contributed by atoms with van der Waals surface area (Å²) in [6.45, 7) is 4.35. The van der Waals surface area contributed by atoms with Crippen molar-refractivity contribution in [2.24, 2.45) is 0 Å². The van der Waals surface area contributed by atoms with Gasteiger partial charge in [0, 0.05) is 16.2 Å². The molecular formula is C14H22FNS. The average Bonchev–Trinajstić information content (AvgIpc) is 2.35. The molecule has 96 valence electrons. The maximum absolute atomic E-state index is 13.6. The summed E-state index contributed by atoms with van der Waals surface area (Å²) in [6, 6.07) is 7.48. The Kier molecular flexibility index (Phi) is 6.60. The molecule has 0 spiro atoms. The molecule has 0 heterocycles. The van der Waals surface area contributed by atoms with Gasteiger partial charge in [-0.2, -0.15) is 0 Å². The topological polar surface area (TPSA) is 12.0 Å². The number of benzene rings is 1. The Balaban J connectivity index is 2.72. The number of hydrogen-bond donors (Lipinski definition) is 1. The zero-order valence-electron chi connectivity index (χ0n) is 10.9. The van der Waals surface area contributed by atoms with Gasteiger partial charge in [0.2, 0.25) is 0 Å². The van der Waals surface area contributed by atoms with Crippen LogP contribution in [0.2, 0.25) is 0 Å². The highest BCUT2D eigenvalue weighted by Crippen LogP contribution is 2.30. The molecule has 0 aliphatic heterocycles. The lowest BCUT2D eigenvalue weighted by atomic mass is 10.1. The van der Waals surface area contributed by atoms with E-state index in [2.05, 4.69) is 19.2 Å². The first-order valence-electron chi connectivity index (χ1n) is 6.31. The van der Waals surface area contributed by atoms with Crippen LogP contribution in [0.3, 0.4) is 0 Å². The Hall–Kier alpha value is -0.540. The maximum Gasteiger partial charge on any atom is 0.136 e. The molecule has 0 bridgehead atoms. The van der Waals surface area contributed by atoms with Crippen molar-refractivity contribution in [3.63, 3.8) is 0 Å². The maximum atomic E-state index is 13.6. The van der Waals surface area contributed by atoms with Crippen LogP contribution in [0.1, 0.15) is 33.1 Å². The van der Waals surface area contributed by atoms with E-state index in [0.717, 1.165) is 24.2 Å². The number of hydrogen-bond acceptors (Lipinski definition) is 2. The molecule has 2 unspecified atom stereocenters. The van der Waals surface area contributed by atoms with Crippen molar-refractivity contribution >= 4 is 11.8 Å². The van der Waals surface area contributed by atoms with Crippen molar-refractivity contribution in [3.8, 4) is 0 Å². The Labute approximate surface area is 108 Å². The summed E-state index contributed by atoms with van der Waals surface area (Å²) in [5.74, 6) is -0.109. The third kappa shape index (κ3) is 4.32. The predicted molar refractivity (Wildman–Crippen MR) is 74.1 cm³/mol. The second kappa shape index (κ2) is 7.72. The van der Waals surface area contributed by atoms with Gasteiger partial charge in [-0.1, -0.05) is 32.4 Å². The van der Waals surface area contributed by atoms with Crippen LogP contribution in [0, 0.1) is 5.82 Å². The number of nitrogens with one attached hydrogen (secondary N) is 1. The molecule has 0 saturated carbocycles. The molecule has 0 aliphatic rings. The molecule has 2 atom stereocenters. The molecule has 1 rings (SSSR count). The third-order valence-electron chi connectivity index (χ3n) is 2.94. The lowest BCUT2D eigenvalue weighted by molar-refractivity contribution is 0.489.